The first kappa shape index (κ1) is 19.2. The molecule has 2 unspecified atom stereocenters. The average Bonchev–Trinajstić information content (AvgIpc) is 2.62. The van der Waals surface area contributed by atoms with Crippen LogP contribution >= 0.6 is 11.6 Å². The van der Waals surface area contributed by atoms with E-state index in [1.165, 1.54) is 0 Å². The zero-order valence-electron chi connectivity index (χ0n) is 14.0. The van der Waals surface area contributed by atoms with Crippen molar-refractivity contribution < 1.29 is 19.7 Å². The Morgan fingerprint density at radius 1 is 1.20 bits per heavy atom. The molecule has 6 heteroatoms. The highest BCUT2D eigenvalue weighted by atomic mass is 35.5. The summed E-state index contributed by atoms with van der Waals surface area (Å²) < 4.78 is 5.08. The van der Waals surface area contributed by atoms with E-state index >= 15 is 0 Å². The maximum atomic E-state index is 11.6. The van der Waals surface area contributed by atoms with E-state index in [0.717, 1.165) is 11.1 Å². The van der Waals surface area contributed by atoms with Crippen molar-refractivity contribution in [2.75, 3.05) is 6.54 Å². The molecule has 0 aromatic heterocycles. The van der Waals surface area contributed by atoms with E-state index in [1.54, 1.807) is 18.2 Å². The van der Waals surface area contributed by atoms with Crippen molar-refractivity contribution in [3.8, 4) is 0 Å². The summed E-state index contributed by atoms with van der Waals surface area (Å²) in [6.45, 7) is 2.20. The van der Waals surface area contributed by atoms with Crippen LogP contribution in [0.2, 0.25) is 5.02 Å². The number of aliphatic hydroxyl groups excluding tert-OH is 2. The highest BCUT2D eigenvalue weighted by Gasteiger charge is 2.19. The molecule has 5 nitrogen and oxygen atoms in total. The van der Waals surface area contributed by atoms with Gasteiger partial charge in [-0.2, -0.15) is 0 Å². The van der Waals surface area contributed by atoms with Gasteiger partial charge < -0.3 is 20.3 Å². The van der Waals surface area contributed by atoms with E-state index in [2.05, 4.69) is 5.32 Å². The first-order valence-electron chi connectivity index (χ1n) is 8.04. The van der Waals surface area contributed by atoms with Gasteiger partial charge in [0.25, 0.3) is 0 Å². The molecule has 0 saturated carbocycles. The molecule has 2 aromatic carbocycles. The molecule has 0 radical (unpaired) electrons. The molecule has 0 aliphatic carbocycles. The predicted octanol–water partition coefficient (Wildman–Crippen LogP) is 3.36. The number of carbonyl (C=O) groups is 1. The molecule has 0 saturated heterocycles. The molecule has 0 heterocycles. The lowest BCUT2D eigenvalue weighted by Crippen LogP contribution is -2.29. The van der Waals surface area contributed by atoms with E-state index in [0.29, 0.717) is 10.6 Å². The van der Waals surface area contributed by atoms with Crippen molar-refractivity contribution in [3.05, 3.63) is 70.2 Å². The number of halogens is 1. The predicted molar refractivity (Wildman–Crippen MR) is 96.4 cm³/mol. The minimum atomic E-state index is -1.04. The Labute approximate surface area is 152 Å². The second-order valence-corrected chi connectivity index (χ2v) is 6.21. The van der Waals surface area contributed by atoms with Gasteiger partial charge in [-0.15, -0.1) is 0 Å². The van der Waals surface area contributed by atoms with Crippen molar-refractivity contribution in [2.24, 2.45) is 0 Å². The standard InChI is InChI=1S/C19H22ClNO4/c1-13-11-15(7-8-16(13)20)18(23)17(22)9-10-21-19(24)25-12-14-5-3-2-4-6-14/h2-8,11,17-18,22-23H,9-10,12H2,1H3,(H,21,24). The lowest BCUT2D eigenvalue weighted by molar-refractivity contribution is 0.0136. The summed E-state index contributed by atoms with van der Waals surface area (Å²) in [5.41, 5.74) is 2.31. The van der Waals surface area contributed by atoms with Crippen molar-refractivity contribution >= 4 is 17.7 Å². The van der Waals surface area contributed by atoms with Crippen LogP contribution in [-0.2, 0) is 11.3 Å². The van der Waals surface area contributed by atoms with Crippen molar-refractivity contribution in [1.82, 2.24) is 5.32 Å². The number of ether oxygens (including phenoxy) is 1. The molecule has 0 aliphatic heterocycles. The van der Waals surface area contributed by atoms with Crippen LogP contribution in [0, 0.1) is 6.92 Å². The van der Waals surface area contributed by atoms with Gasteiger partial charge in [0.1, 0.15) is 12.7 Å². The third-order valence-corrected chi connectivity index (χ3v) is 4.23. The van der Waals surface area contributed by atoms with Gasteiger partial charge in [0.05, 0.1) is 6.10 Å². The number of benzene rings is 2. The van der Waals surface area contributed by atoms with Crippen LogP contribution in [0.1, 0.15) is 29.2 Å². The maximum absolute atomic E-state index is 11.6. The number of amides is 1. The van der Waals surface area contributed by atoms with E-state index in [-0.39, 0.29) is 19.6 Å². The van der Waals surface area contributed by atoms with Crippen LogP contribution in [0.5, 0.6) is 0 Å². The van der Waals surface area contributed by atoms with Crippen molar-refractivity contribution in [3.63, 3.8) is 0 Å². The molecule has 0 fully saturated rings. The van der Waals surface area contributed by atoms with E-state index in [4.69, 9.17) is 16.3 Å². The highest BCUT2D eigenvalue weighted by molar-refractivity contribution is 6.31. The zero-order chi connectivity index (χ0) is 18.2. The van der Waals surface area contributed by atoms with Crippen molar-refractivity contribution in [1.29, 1.82) is 0 Å². The summed E-state index contributed by atoms with van der Waals surface area (Å²) in [6.07, 6.45) is -2.41. The Morgan fingerprint density at radius 2 is 1.92 bits per heavy atom. The molecule has 134 valence electrons. The minimum absolute atomic E-state index is 0.182. The molecular weight excluding hydrogens is 342 g/mol. The second kappa shape index (κ2) is 9.42. The molecule has 0 aliphatic rings. The van der Waals surface area contributed by atoms with Crippen LogP contribution in [0.25, 0.3) is 0 Å². The molecule has 25 heavy (non-hydrogen) atoms. The summed E-state index contributed by atoms with van der Waals surface area (Å²) in [5.74, 6) is 0. The fourth-order valence-corrected chi connectivity index (χ4v) is 2.45. The number of nitrogens with one attached hydrogen (secondary N) is 1. The summed E-state index contributed by atoms with van der Waals surface area (Å²) >= 11 is 5.95. The SMILES string of the molecule is Cc1cc(C(O)C(O)CCNC(=O)OCc2ccccc2)ccc1Cl. The van der Waals surface area contributed by atoms with Crippen LogP contribution < -0.4 is 5.32 Å². The number of hydrogen-bond donors (Lipinski definition) is 3. The largest absolute Gasteiger partial charge is 0.445 e. The molecule has 0 spiro atoms. The minimum Gasteiger partial charge on any atom is -0.445 e. The Kier molecular flexibility index (Phi) is 7.25. The van der Waals surface area contributed by atoms with E-state index in [1.807, 2.05) is 37.3 Å². The number of aliphatic hydroxyl groups is 2. The highest BCUT2D eigenvalue weighted by Crippen LogP contribution is 2.23. The van der Waals surface area contributed by atoms with Gasteiger partial charge >= 0.3 is 6.09 Å². The number of carbonyl (C=O) groups excluding carboxylic acids is 1. The van der Waals surface area contributed by atoms with Gasteiger partial charge in [-0.3, -0.25) is 0 Å². The molecule has 2 rings (SSSR count). The van der Waals surface area contributed by atoms with Gasteiger partial charge in [-0.05, 0) is 36.1 Å². The van der Waals surface area contributed by atoms with Crippen molar-refractivity contribution in [2.45, 2.75) is 32.2 Å². The number of aryl methyl sites for hydroxylation is 1. The second-order valence-electron chi connectivity index (χ2n) is 5.80. The van der Waals surface area contributed by atoms with Crippen LogP contribution in [0.4, 0.5) is 4.79 Å². The summed E-state index contributed by atoms with van der Waals surface area (Å²) in [4.78, 5) is 11.6. The Morgan fingerprint density at radius 3 is 2.60 bits per heavy atom. The first-order chi connectivity index (χ1) is 12.0. The van der Waals surface area contributed by atoms with Crippen LogP contribution in [0.3, 0.4) is 0 Å². The summed E-state index contributed by atoms with van der Waals surface area (Å²) in [5, 5.41) is 23.4. The van der Waals surface area contributed by atoms with Gasteiger partial charge in [0.2, 0.25) is 0 Å². The quantitative estimate of drug-likeness (QED) is 0.704. The van der Waals surface area contributed by atoms with Gasteiger partial charge in [-0.25, -0.2) is 4.79 Å². The smallest absolute Gasteiger partial charge is 0.407 e. The lowest BCUT2D eigenvalue weighted by atomic mass is 10.0. The Bertz CT molecular complexity index is 693. The summed E-state index contributed by atoms with van der Waals surface area (Å²) in [7, 11) is 0. The average molecular weight is 364 g/mol. The third kappa shape index (κ3) is 6.05. The number of alkyl carbamates (subject to hydrolysis) is 1. The van der Waals surface area contributed by atoms with Crippen LogP contribution in [-0.4, -0.2) is 29.0 Å². The number of rotatable bonds is 7. The molecule has 3 N–H and O–H groups in total. The first-order valence-corrected chi connectivity index (χ1v) is 8.42. The monoisotopic (exact) mass is 363 g/mol. The fraction of sp³-hybridized carbons (Fsp3) is 0.316. The maximum Gasteiger partial charge on any atom is 0.407 e. The normalized spacial score (nSPS) is 13.1. The fourth-order valence-electron chi connectivity index (χ4n) is 2.33. The van der Waals surface area contributed by atoms with Gasteiger partial charge in [-0.1, -0.05) is 54.1 Å². The third-order valence-electron chi connectivity index (χ3n) is 3.81. The topological polar surface area (TPSA) is 78.8 Å². The Hall–Kier alpha value is -2.08. The van der Waals surface area contributed by atoms with Gasteiger partial charge in [0.15, 0.2) is 0 Å². The van der Waals surface area contributed by atoms with E-state index < -0.39 is 18.3 Å². The molecule has 2 aromatic rings. The molecule has 2 atom stereocenters. The molecule has 1 amide bonds. The lowest BCUT2D eigenvalue weighted by Gasteiger charge is -2.19. The van der Waals surface area contributed by atoms with E-state index in [9.17, 15) is 15.0 Å². The summed E-state index contributed by atoms with van der Waals surface area (Å²) in [6, 6.07) is 14.4. The molecular formula is C19H22ClNO4. The zero-order valence-corrected chi connectivity index (χ0v) is 14.7. The molecule has 0 bridgehead atoms. The number of hydrogen-bond acceptors (Lipinski definition) is 4. The van der Waals surface area contributed by atoms with Gasteiger partial charge in [0, 0.05) is 11.6 Å². The van der Waals surface area contributed by atoms with Crippen LogP contribution in [0.15, 0.2) is 48.5 Å². The Balaban J connectivity index is 1.72.